The van der Waals surface area contributed by atoms with Gasteiger partial charge in [0.25, 0.3) is 0 Å². The molecule has 0 aliphatic rings. The second-order valence-electron chi connectivity index (χ2n) is 15.1. The number of thiophene rings is 2. The molecule has 6 heteroatoms. The van der Waals surface area contributed by atoms with Crippen molar-refractivity contribution in [1.29, 1.82) is 0 Å². The predicted molar refractivity (Wildman–Crippen MR) is 254 cm³/mol. The first-order valence-corrected chi connectivity index (χ1v) is 21.6. The maximum atomic E-state index is 5.30. The molecule has 0 radical (unpaired) electrons. The van der Waals surface area contributed by atoms with Crippen LogP contribution in [0.1, 0.15) is 0 Å². The second kappa shape index (κ2) is 14.2. The summed E-state index contributed by atoms with van der Waals surface area (Å²) < 4.78 is 5.18. The Morgan fingerprint density at radius 3 is 1.47 bits per heavy atom. The van der Waals surface area contributed by atoms with Gasteiger partial charge in [-0.05, 0) is 89.0 Å². The number of para-hydroxylation sites is 1. The summed E-state index contributed by atoms with van der Waals surface area (Å²) in [4.78, 5) is 20.0. The fraction of sp³-hybridized carbons (Fsp3) is 0. The van der Waals surface area contributed by atoms with Crippen LogP contribution in [0.4, 0.5) is 0 Å². The van der Waals surface area contributed by atoms with E-state index in [1.807, 2.05) is 71.3 Å². The van der Waals surface area contributed by atoms with Crippen molar-refractivity contribution in [3.05, 3.63) is 194 Å². The molecule has 0 atom stereocenters. The summed E-state index contributed by atoms with van der Waals surface area (Å²) in [6.45, 7) is 0. The molecule has 0 aliphatic carbocycles. The Morgan fingerprint density at radius 1 is 0.300 bits per heavy atom. The summed E-state index contributed by atoms with van der Waals surface area (Å²) in [5.41, 5.74) is 11.1. The zero-order valence-electron chi connectivity index (χ0n) is 32.1. The van der Waals surface area contributed by atoms with Crippen molar-refractivity contribution in [3.8, 4) is 67.5 Å². The minimum absolute atomic E-state index is 0.675. The topological polar surface area (TPSA) is 51.6 Å². The van der Waals surface area contributed by atoms with E-state index < -0.39 is 0 Å². The van der Waals surface area contributed by atoms with Gasteiger partial charge in [-0.3, -0.25) is 0 Å². The third kappa shape index (κ3) is 6.13. The molecule has 0 N–H and O–H groups in total. The van der Waals surface area contributed by atoms with Gasteiger partial charge in [-0.2, -0.15) is 0 Å². The molecule has 0 saturated heterocycles. The number of aromatic nitrogens is 4. The molecule has 12 aromatic rings. The monoisotopic (exact) mass is 800 g/mol. The average Bonchev–Trinajstić information content (AvgIpc) is 3.89. The van der Waals surface area contributed by atoms with Crippen LogP contribution in [0, 0.1) is 0 Å². The van der Waals surface area contributed by atoms with Crippen LogP contribution in [-0.4, -0.2) is 19.9 Å². The summed E-state index contributed by atoms with van der Waals surface area (Å²) in [6.07, 6.45) is 1.89. The molecule has 0 saturated carbocycles. The van der Waals surface area contributed by atoms with Gasteiger partial charge in [0.2, 0.25) is 0 Å². The fourth-order valence-corrected chi connectivity index (χ4v) is 10.5. The Morgan fingerprint density at radius 2 is 0.800 bits per heavy atom. The number of rotatable bonds is 6. The highest BCUT2D eigenvalue weighted by atomic mass is 32.1. The standard InChI is InChI=1S/C54H32N4S2/c1-2-10-34(11-3-1)54-57-47(33-18-20-35(21-19-33)53-55-32-38-12-4-7-15-46(38)56-53)31-48(58-54)41-27-39(36-22-24-51-44(29-36)42-13-5-8-16-49(42)59-51)26-40(28-41)37-23-25-52-45(30-37)43-14-6-9-17-50(43)60-52/h1-32H. The number of hydrogen-bond donors (Lipinski definition) is 0. The molecule has 0 fully saturated rings. The summed E-state index contributed by atoms with van der Waals surface area (Å²) >= 11 is 3.69. The first-order valence-electron chi connectivity index (χ1n) is 19.9. The van der Waals surface area contributed by atoms with E-state index in [-0.39, 0.29) is 0 Å². The molecule has 0 spiro atoms. The van der Waals surface area contributed by atoms with Crippen LogP contribution in [0.3, 0.4) is 0 Å². The smallest absolute Gasteiger partial charge is 0.160 e. The Labute approximate surface area is 353 Å². The zero-order valence-corrected chi connectivity index (χ0v) is 33.7. The van der Waals surface area contributed by atoms with Gasteiger partial charge in [-0.15, -0.1) is 22.7 Å². The molecule has 0 bridgehead atoms. The minimum atomic E-state index is 0.675. The van der Waals surface area contributed by atoms with E-state index in [9.17, 15) is 0 Å². The van der Waals surface area contributed by atoms with Crippen LogP contribution in [0.5, 0.6) is 0 Å². The lowest BCUT2D eigenvalue weighted by molar-refractivity contribution is 1.18. The number of benzene rings is 8. The van der Waals surface area contributed by atoms with Crippen LogP contribution >= 0.6 is 22.7 Å². The lowest BCUT2D eigenvalue weighted by Crippen LogP contribution is -1.97. The van der Waals surface area contributed by atoms with Gasteiger partial charge in [0.15, 0.2) is 11.6 Å². The molecule has 0 aliphatic heterocycles. The minimum Gasteiger partial charge on any atom is -0.236 e. The molecule has 4 nitrogen and oxygen atoms in total. The molecule has 12 rings (SSSR count). The van der Waals surface area contributed by atoms with Gasteiger partial charge in [-0.25, -0.2) is 19.9 Å². The van der Waals surface area contributed by atoms with Crippen molar-refractivity contribution < 1.29 is 0 Å². The highest BCUT2D eigenvalue weighted by Gasteiger charge is 2.16. The van der Waals surface area contributed by atoms with Crippen molar-refractivity contribution in [2.24, 2.45) is 0 Å². The first kappa shape index (κ1) is 34.6. The molecule has 0 amide bonds. The van der Waals surface area contributed by atoms with Crippen LogP contribution in [0.15, 0.2) is 194 Å². The molecular weight excluding hydrogens is 769 g/mol. The zero-order chi connectivity index (χ0) is 39.6. The Bertz CT molecular complexity index is 3480. The van der Waals surface area contributed by atoms with Crippen molar-refractivity contribution in [2.45, 2.75) is 0 Å². The maximum absolute atomic E-state index is 5.30. The Hall–Kier alpha value is -7.38. The molecular formula is C54H32N4S2. The van der Waals surface area contributed by atoms with Crippen molar-refractivity contribution in [1.82, 2.24) is 19.9 Å². The Balaban J connectivity index is 1.03. The van der Waals surface area contributed by atoms with Crippen LogP contribution in [0.25, 0.3) is 119 Å². The lowest BCUT2D eigenvalue weighted by Gasteiger charge is -2.14. The van der Waals surface area contributed by atoms with Crippen LogP contribution in [-0.2, 0) is 0 Å². The van der Waals surface area contributed by atoms with Crippen molar-refractivity contribution >= 4 is 73.9 Å². The van der Waals surface area contributed by atoms with E-state index in [1.165, 1.54) is 51.5 Å². The molecule has 0 unspecified atom stereocenters. The molecule has 8 aromatic carbocycles. The van der Waals surface area contributed by atoms with Crippen molar-refractivity contribution in [2.75, 3.05) is 0 Å². The lowest BCUT2D eigenvalue weighted by atomic mass is 9.93. The Kier molecular flexibility index (Phi) is 8.18. The maximum Gasteiger partial charge on any atom is 0.160 e. The van der Waals surface area contributed by atoms with Crippen LogP contribution < -0.4 is 0 Å². The third-order valence-corrected chi connectivity index (χ3v) is 13.6. The number of hydrogen-bond acceptors (Lipinski definition) is 6. The fourth-order valence-electron chi connectivity index (χ4n) is 8.28. The van der Waals surface area contributed by atoms with E-state index in [4.69, 9.17) is 15.0 Å². The summed E-state index contributed by atoms with van der Waals surface area (Å²) in [5, 5.41) is 6.15. The highest BCUT2D eigenvalue weighted by Crippen LogP contribution is 2.41. The first-order chi connectivity index (χ1) is 29.7. The number of nitrogens with zero attached hydrogens (tertiary/aromatic N) is 4. The van der Waals surface area contributed by atoms with E-state index >= 15 is 0 Å². The normalized spacial score (nSPS) is 11.7. The van der Waals surface area contributed by atoms with Gasteiger partial charge < -0.3 is 0 Å². The molecule has 4 aromatic heterocycles. The van der Waals surface area contributed by atoms with Gasteiger partial charge in [0.1, 0.15) is 0 Å². The third-order valence-electron chi connectivity index (χ3n) is 11.3. The van der Waals surface area contributed by atoms with Crippen LogP contribution in [0.2, 0.25) is 0 Å². The van der Waals surface area contributed by atoms with E-state index in [0.717, 1.165) is 55.7 Å². The van der Waals surface area contributed by atoms with E-state index in [2.05, 4.69) is 151 Å². The van der Waals surface area contributed by atoms with Gasteiger partial charge in [-0.1, -0.05) is 121 Å². The molecule has 4 heterocycles. The quantitative estimate of drug-likeness (QED) is 0.168. The van der Waals surface area contributed by atoms with Gasteiger partial charge >= 0.3 is 0 Å². The van der Waals surface area contributed by atoms with E-state index in [0.29, 0.717) is 11.6 Å². The summed E-state index contributed by atoms with van der Waals surface area (Å²) in [6, 6.07) is 66.9. The summed E-state index contributed by atoms with van der Waals surface area (Å²) in [5.74, 6) is 1.37. The van der Waals surface area contributed by atoms with Crippen molar-refractivity contribution in [3.63, 3.8) is 0 Å². The van der Waals surface area contributed by atoms with E-state index in [1.54, 1.807) is 0 Å². The SMILES string of the molecule is c1ccc(-c2nc(-c3ccc(-c4ncc5ccccc5n4)cc3)cc(-c3cc(-c4ccc5sc6ccccc6c5c4)cc(-c4ccc5sc6ccccc6c5c4)c3)n2)cc1. The molecule has 60 heavy (non-hydrogen) atoms. The molecule has 280 valence electrons. The largest absolute Gasteiger partial charge is 0.236 e. The average molecular weight is 801 g/mol. The predicted octanol–water partition coefficient (Wildman–Crippen LogP) is 15.2. The number of fused-ring (bicyclic) bond motifs is 7. The van der Waals surface area contributed by atoms with Gasteiger partial charge in [0, 0.05) is 74.2 Å². The summed E-state index contributed by atoms with van der Waals surface area (Å²) in [7, 11) is 0. The highest BCUT2D eigenvalue weighted by molar-refractivity contribution is 7.26. The second-order valence-corrected chi connectivity index (χ2v) is 17.2. The van der Waals surface area contributed by atoms with Gasteiger partial charge in [0.05, 0.1) is 16.9 Å².